The van der Waals surface area contributed by atoms with Crippen LogP contribution in [-0.2, 0) is 9.47 Å². The van der Waals surface area contributed by atoms with Crippen molar-refractivity contribution in [2.75, 3.05) is 13.2 Å². The molecule has 1 saturated heterocycles. The Labute approximate surface area is 85.9 Å². The number of ether oxygens (including phenoxy) is 2. The average Bonchev–Trinajstić information content (AvgIpc) is 2.26. The van der Waals surface area contributed by atoms with Gasteiger partial charge in [0.1, 0.15) is 0 Å². The third kappa shape index (κ3) is 3.13. The Hall–Kier alpha value is -0.860. The molecule has 2 heteroatoms. The molecule has 0 aromatic rings. The van der Waals surface area contributed by atoms with Crippen molar-refractivity contribution >= 4 is 0 Å². The van der Waals surface area contributed by atoms with Crippen molar-refractivity contribution < 1.29 is 9.47 Å². The van der Waals surface area contributed by atoms with Crippen LogP contribution in [0.4, 0.5) is 0 Å². The number of unbranched alkanes of at least 4 members (excludes halogenated alkanes) is 1. The van der Waals surface area contributed by atoms with Crippen LogP contribution in [0, 0.1) is 0 Å². The zero-order chi connectivity index (χ0) is 10.3. The van der Waals surface area contributed by atoms with Crippen LogP contribution >= 0.6 is 0 Å². The number of rotatable bonds is 5. The molecule has 1 heterocycles. The molecule has 0 bridgehead atoms. The van der Waals surface area contributed by atoms with Crippen LogP contribution in [0.2, 0.25) is 0 Å². The van der Waals surface area contributed by atoms with E-state index in [-0.39, 0.29) is 0 Å². The van der Waals surface area contributed by atoms with E-state index < -0.39 is 5.79 Å². The van der Waals surface area contributed by atoms with Crippen molar-refractivity contribution in [3.8, 4) is 0 Å². The second-order valence-electron chi connectivity index (χ2n) is 3.24. The summed E-state index contributed by atoms with van der Waals surface area (Å²) in [4.78, 5) is 0. The fraction of sp³-hybridized carbons (Fsp3) is 0.500. The Kier molecular flexibility index (Phi) is 4.63. The summed E-state index contributed by atoms with van der Waals surface area (Å²) < 4.78 is 11.1. The highest BCUT2D eigenvalue weighted by Gasteiger charge is 2.27. The molecule has 0 aliphatic carbocycles. The molecule has 0 aromatic carbocycles. The summed E-state index contributed by atoms with van der Waals surface area (Å²) in [6.45, 7) is 8.87. The van der Waals surface area contributed by atoms with Crippen LogP contribution < -0.4 is 0 Å². The molecule has 78 valence electrons. The molecule has 0 amide bonds. The summed E-state index contributed by atoms with van der Waals surface area (Å²) in [6, 6.07) is 0. The lowest BCUT2D eigenvalue weighted by Gasteiger charge is -2.31. The van der Waals surface area contributed by atoms with Crippen molar-refractivity contribution in [1.82, 2.24) is 0 Å². The highest BCUT2D eigenvalue weighted by Crippen LogP contribution is 2.21. The van der Waals surface area contributed by atoms with Crippen molar-refractivity contribution in [2.45, 2.75) is 25.0 Å². The van der Waals surface area contributed by atoms with E-state index in [4.69, 9.17) is 9.47 Å². The van der Waals surface area contributed by atoms with Gasteiger partial charge in [0.25, 0.3) is 0 Å². The Morgan fingerprint density at radius 3 is 2.43 bits per heavy atom. The maximum absolute atomic E-state index is 5.54. The molecule has 0 unspecified atom stereocenters. The van der Waals surface area contributed by atoms with Gasteiger partial charge < -0.3 is 9.47 Å². The smallest absolute Gasteiger partial charge is 0.207 e. The first-order valence-electron chi connectivity index (χ1n) is 5.03. The number of hydrogen-bond donors (Lipinski definition) is 0. The zero-order valence-corrected chi connectivity index (χ0v) is 8.58. The predicted molar refractivity (Wildman–Crippen MR) is 58.0 cm³/mol. The first kappa shape index (κ1) is 11.2. The van der Waals surface area contributed by atoms with E-state index in [9.17, 15) is 0 Å². The molecule has 0 N–H and O–H groups in total. The van der Waals surface area contributed by atoms with Gasteiger partial charge in [-0.25, -0.2) is 0 Å². The maximum Gasteiger partial charge on any atom is 0.207 e. The minimum absolute atomic E-state index is 0.681. The lowest BCUT2D eigenvalue weighted by Crippen LogP contribution is -2.36. The van der Waals surface area contributed by atoms with Gasteiger partial charge in [-0.3, -0.25) is 0 Å². The van der Waals surface area contributed by atoms with Gasteiger partial charge in [0.2, 0.25) is 5.79 Å². The second-order valence-corrected chi connectivity index (χ2v) is 3.24. The monoisotopic (exact) mass is 194 g/mol. The molecule has 1 aliphatic heterocycles. The highest BCUT2D eigenvalue weighted by molar-refractivity contribution is 5.07. The minimum Gasteiger partial charge on any atom is -0.343 e. The molecule has 14 heavy (non-hydrogen) atoms. The summed E-state index contributed by atoms with van der Waals surface area (Å²) in [5.74, 6) is -0.681. The SMILES string of the molecule is C=CCC/C=C/C1(C=C)OCCCO1. The van der Waals surface area contributed by atoms with E-state index in [1.54, 1.807) is 6.08 Å². The second kappa shape index (κ2) is 5.78. The number of hydrogen-bond acceptors (Lipinski definition) is 2. The summed E-state index contributed by atoms with van der Waals surface area (Å²) in [6.07, 6.45) is 10.5. The molecule has 1 fully saturated rings. The van der Waals surface area contributed by atoms with E-state index in [0.717, 1.165) is 32.5 Å². The first-order chi connectivity index (χ1) is 6.83. The van der Waals surface area contributed by atoms with Crippen molar-refractivity contribution in [2.24, 2.45) is 0 Å². The molecule has 0 spiro atoms. The Morgan fingerprint density at radius 2 is 1.86 bits per heavy atom. The number of allylic oxidation sites excluding steroid dienone is 2. The van der Waals surface area contributed by atoms with Gasteiger partial charge in [0.15, 0.2) is 0 Å². The highest BCUT2D eigenvalue weighted by atomic mass is 16.7. The fourth-order valence-electron chi connectivity index (χ4n) is 1.31. The van der Waals surface area contributed by atoms with Crippen molar-refractivity contribution in [1.29, 1.82) is 0 Å². The van der Waals surface area contributed by atoms with Crippen molar-refractivity contribution in [3.05, 3.63) is 37.5 Å². The van der Waals surface area contributed by atoms with Crippen LogP contribution in [0.5, 0.6) is 0 Å². The van der Waals surface area contributed by atoms with Crippen molar-refractivity contribution in [3.63, 3.8) is 0 Å². The van der Waals surface area contributed by atoms with Gasteiger partial charge in [-0.1, -0.05) is 18.7 Å². The lowest BCUT2D eigenvalue weighted by atomic mass is 10.2. The standard InChI is InChI=1S/C12H18O2/c1-3-5-6-7-9-12(4-2)13-10-8-11-14-12/h3-4,7,9H,1-2,5-6,8,10-11H2/b9-7+. The molecule has 1 rings (SSSR count). The lowest BCUT2D eigenvalue weighted by molar-refractivity contribution is -0.205. The van der Waals surface area contributed by atoms with Gasteiger partial charge in [-0.05, 0) is 31.4 Å². The first-order valence-corrected chi connectivity index (χ1v) is 5.03. The molecule has 0 saturated carbocycles. The van der Waals surface area contributed by atoms with Gasteiger partial charge >= 0.3 is 0 Å². The predicted octanol–water partition coefficient (Wildman–Crippen LogP) is 2.83. The van der Waals surface area contributed by atoms with Gasteiger partial charge in [0.05, 0.1) is 13.2 Å². The summed E-state index contributed by atoms with van der Waals surface area (Å²) in [5, 5.41) is 0. The molecule has 0 atom stereocenters. The van der Waals surface area contributed by atoms with Crippen LogP contribution in [-0.4, -0.2) is 19.0 Å². The third-order valence-electron chi connectivity index (χ3n) is 2.12. The quantitative estimate of drug-likeness (QED) is 0.495. The fourth-order valence-corrected chi connectivity index (χ4v) is 1.31. The van der Waals surface area contributed by atoms with Gasteiger partial charge in [-0.2, -0.15) is 0 Å². The molecular weight excluding hydrogens is 176 g/mol. The van der Waals surface area contributed by atoms with Gasteiger partial charge in [0, 0.05) is 0 Å². The van der Waals surface area contributed by atoms with E-state index in [1.807, 2.05) is 12.2 Å². The topological polar surface area (TPSA) is 18.5 Å². The Balaban J connectivity index is 2.46. The molecule has 2 nitrogen and oxygen atoms in total. The molecular formula is C12H18O2. The van der Waals surface area contributed by atoms with E-state index in [0.29, 0.717) is 0 Å². The molecule has 0 aromatic heterocycles. The normalized spacial score (nSPS) is 20.9. The van der Waals surface area contributed by atoms with Crippen LogP contribution in [0.25, 0.3) is 0 Å². The Bertz CT molecular complexity index is 212. The zero-order valence-electron chi connectivity index (χ0n) is 8.58. The maximum atomic E-state index is 5.54. The largest absolute Gasteiger partial charge is 0.343 e. The van der Waals surface area contributed by atoms with Crippen LogP contribution in [0.3, 0.4) is 0 Å². The average molecular weight is 194 g/mol. The van der Waals surface area contributed by atoms with E-state index in [1.165, 1.54) is 0 Å². The Morgan fingerprint density at radius 1 is 1.14 bits per heavy atom. The molecule has 0 radical (unpaired) electrons. The third-order valence-corrected chi connectivity index (χ3v) is 2.12. The molecule has 1 aliphatic rings. The van der Waals surface area contributed by atoms with E-state index >= 15 is 0 Å². The summed E-state index contributed by atoms with van der Waals surface area (Å²) >= 11 is 0. The van der Waals surface area contributed by atoms with Crippen LogP contribution in [0.15, 0.2) is 37.5 Å². The van der Waals surface area contributed by atoms with Crippen LogP contribution in [0.1, 0.15) is 19.3 Å². The van der Waals surface area contributed by atoms with E-state index in [2.05, 4.69) is 19.2 Å². The summed E-state index contributed by atoms with van der Waals surface area (Å²) in [5.41, 5.74) is 0. The minimum atomic E-state index is -0.681. The van der Waals surface area contributed by atoms with Gasteiger partial charge in [-0.15, -0.1) is 6.58 Å². The summed E-state index contributed by atoms with van der Waals surface area (Å²) in [7, 11) is 0.